The molecule has 0 saturated heterocycles. The van der Waals surface area contributed by atoms with Crippen molar-refractivity contribution in [1.82, 2.24) is 4.90 Å². The Morgan fingerprint density at radius 2 is 1.61 bits per heavy atom. The molecular weight excluding hydrogens is 368 g/mol. The highest BCUT2D eigenvalue weighted by molar-refractivity contribution is 6.30. The second-order valence-electron chi connectivity index (χ2n) is 6.21. The number of nitro benzene ring substituents is 1. The van der Waals surface area contributed by atoms with Crippen LogP contribution in [0.25, 0.3) is 0 Å². The highest BCUT2D eigenvalue weighted by Gasteiger charge is 2.39. The van der Waals surface area contributed by atoms with E-state index in [-0.39, 0.29) is 16.7 Å². The molecule has 1 amide bonds. The van der Waals surface area contributed by atoms with Crippen LogP contribution >= 0.6 is 0 Å². The molecule has 0 aliphatic heterocycles. The van der Waals surface area contributed by atoms with Crippen molar-refractivity contribution in [2.75, 3.05) is 20.7 Å². The lowest BCUT2D eigenvalue weighted by Gasteiger charge is -2.18. The average Bonchev–Trinajstić information content (AvgIpc) is 2.68. The van der Waals surface area contributed by atoms with Crippen molar-refractivity contribution in [3.63, 3.8) is 0 Å². The van der Waals surface area contributed by atoms with E-state index >= 15 is 0 Å². The molecule has 0 spiro atoms. The van der Waals surface area contributed by atoms with Crippen molar-refractivity contribution in [1.29, 1.82) is 0 Å². The Bertz CT molecular complexity index is 1060. The molecular formula is C19H14N2O7. The molecule has 28 heavy (non-hydrogen) atoms. The monoisotopic (exact) mass is 382 g/mol. The zero-order chi connectivity index (χ0) is 20.6. The molecule has 1 aliphatic rings. The zero-order valence-electron chi connectivity index (χ0n) is 14.9. The number of hydrogen-bond donors (Lipinski definition) is 0. The summed E-state index contributed by atoms with van der Waals surface area (Å²) < 4.78 is 4.83. The van der Waals surface area contributed by atoms with Gasteiger partial charge in [-0.15, -0.1) is 0 Å². The van der Waals surface area contributed by atoms with Crippen LogP contribution in [-0.4, -0.2) is 54.0 Å². The summed E-state index contributed by atoms with van der Waals surface area (Å²) in [5, 5.41) is 11.7. The Labute approximate surface area is 158 Å². The molecule has 0 atom stereocenters. The van der Waals surface area contributed by atoms with Gasteiger partial charge >= 0.3 is 5.97 Å². The maximum absolute atomic E-state index is 12.8. The van der Waals surface area contributed by atoms with E-state index in [1.165, 1.54) is 43.3 Å². The van der Waals surface area contributed by atoms with Crippen molar-refractivity contribution >= 4 is 29.1 Å². The minimum absolute atomic E-state index is 0.0244. The van der Waals surface area contributed by atoms with Crippen LogP contribution in [0, 0.1) is 10.1 Å². The Hall–Kier alpha value is -3.88. The second-order valence-corrected chi connectivity index (χ2v) is 6.21. The number of carbonyl (C=O) groups is 4. The third-order valence-electron chi connectivity index (χ3n) is 4.29. The van der Waals surface area contributed by atoms with E-state index in [2.05, 4.69) is 0 Å². The van der Waals surface area contributed by atoms with Crippen LogP contribution < -0.4 is 0 Å². The highest BCUT2D eigenvalue weighted by atomic mass is 16.6. The molecule has 0 N–H and O–H groups in total. The summed E-state index contributed by atoms with van der Waals surface area (Å²) in [6.07, 6.45) is 0. The Balaban J connectivity index is 2.10. The first kappa shape index (κ1) is 18.9. The van der Waals surface area contributed by atoms with Gasteiger partial charge in [0.25, 0.3) is 11.6 Å². The van der Waals surface area contributed by atoms with Gasteiger partial charge in [-0.05, 0) is 12.1 Å². The molecule has 0 radical (unpaired) electrons. The summed E-state index contributed by atoms with van der Waals surface area (Å²) >= 11 is 0. The summed E-state index contributed by atoms with van der Waals surface area (Å²) in [5.41, 5.74) is -1.76. The van der Waals surface area contributed by atoms with Crippen molar-refractivity contribution in [3.8, 4) is 0 Å². The van der Waals surface area contributed by atoms with Gasteiger partial charge in [0.1, 0.15) is 11.1 Å². The number of fused-ring (bicyclic) bond motifs is 2. The molecule has 0 unspecified atom stereocenters. The summed E-state index contributed by atoms with van der Waals surface area (Å²) in [4.78, 5) is 61.4. The number of ketones is 2. The number of hydrogen-bond acceptors (Lipinski definition) is 7. The van der Waals surface area contributed by atoms with Crippen LogP contribution in [0.2, 0.25) is 0 Å². The highest BCUT2D eigenvalue weighted by Crippen LogP contribution is 2.35. The van der Waals surface area contributed by atoms with Crippen LogP contribution in [0.4, 0.5) is 5.69 Å². The third-order valence-corrected chi connectivity index (χ3v) is 4.29. The maximum atomic E-state index is 12.8. The number of carbonyl (C=O) groups excluding carboxylic acids is 4. The molecule has 3 rings (SSSR count). The van der Waals surface area contributed by atoms with Gasteiger partial charge in [0.15, 0.2) is 12.4 Å². The fourth-order valence-electron chi connectivity index (χ4n) is 2.86. The Morgan fingerprint density at radius 1 is 1.00 bits per heavy atom. The Kier molecular flexibility index (Phi) is 4.74. The third kappa shape index (κ3) is 3.02. The summed E-state index contributed by atoms with van der Waals surface area (Å²) in [7, 11) is 2.92. The van der Waals surface area contributed by atoms with E-state index in [9.17, 15) is 29.3 Å². The first-order chi connectivity index (χ1) is 13.2. The summed E-state index contributed by atoms with van der Waals surface area (Å²) in [5.74, 6) is -2.93. The molecule has 0 heterocycles. The maximum Gasteiger partial charge on any atom is 0.345 e. The molecule has 1 aliphatic carbocycles. The fraction of sp³-hybridized carbons (Fsp3) is 0.158. The summed E-state index contributed by atoms with van der Waals surface area (Å²) in [6.45, 7) is -0.615. The lowest BCUT2D eigenvalue weighted by atomic mass is 9.82. The van der Waals surface area contributed by atoms with E-state index in [1.54, 1.807) is 6.07 Å². The molecule has 2 aromatic carbocycles. The van der Waals surface area contributed by atoms with Crippen molar-refractivity contribution in [3.05, 3.63) is 74.3 Å². The van der Waals surface area contributed by atoms with Crippen LogP contribution in [0.15, 0.2) is 36.4 Å². The van der Waals surface area contributed by atoms with E-state index in [4.69, 9.17) is 4.74 Å². The van der Waals surface area contributed by atoms with Gasteiger partial charge in [0, 0.05) is 30.8 Å². The fourth-order valence-corrected chi connectivity index (χ4v) is 2.86. The minimum Gasteiger partial charge on any atom is -0.452 e. The molecule has 9 nitrogen and oxygen atoms in total. The van der Waals surface area contributed by atoms with Gasteiger partial charge in [0.05, 0.1) is 4.92 Å². The molecule has 2 aromatic rings. The van der Waals surface area contributed by atoms with Gasteiger partial charge < -0.3 is 9.64 Å². The molecule has 142 valence electrons. The number of amides is 1. The SMILES string of the molecule is CN(C)C(=O)COC(=O)c1ccc2c(c1[N+](=O)[O-])C(=O)c1ccccc1C2=O. The number of rotatable bonds is 4. The van der Waals surface area contributed by atoms with Crippen LogP contribution in [-0.2, 0) is 9.53 Å². The number of esters is 1. The van der Waals surface area contributed by atoms with E-state index in [1.807, 2.05) is 0 Å². The number of nitrogens with zero attached hydrogens (tertiary/aromatic N) is 2. The van der Waals surface area contributed by atoms with Gasteiger partial charge in [-0.25, -0.2) is 4.79 Å². The molecule has 0 aromatic heterocycles. The largest absolute Gasteiger partial charge is 0.452 e. The van der Waals surface area contributed by atoms with Crippen LogP contribution in [0.3, 0.4) is 0 Å². The standard InChI is InChI=1S/C19H14N2O7/c1-20(2)14(22)9-28-19(25)13-8-7-12-15(16(13)21(26)27)18(24)11-6-4-3-5-10(11)17(12)23/h3-8H,9H2,1-2H3. The second kappa shape index (κ2) is 7.03. The quantitative estimate of drug-likeness (QED) is 0.381. The van der Waals surface area contributed by atoms with Crippen LogP contribution in [0.5, 0.6) is 0 Å². The lowest BCUT2D eigenvalue weighted by Crippen LogP contribution is -2.28. The van der Waals surface area contributed by atoms with Gasteiger partial charge in [-0.1, -0.05) is 24.3 Å². The van der Waals surface area contributed by atoms with Crippen LogP contribution in [0.1, 0.15) is 42.2 Å². The van der Waals surface area contributed by atoms with E-state index in [0.29, 0.717) is 0 Å². The van der Waals surface area contributed by atoms with Crippen molar-refractivity contribution < 1.29 is 28.8 Å². The number of ether oxygens (including phenoxy) is 1. The van der Waals surface area contributed by atoms with E-state index in [0.717, 1.165) is 6.07 Å². The lowest BCUT2D eigenvalue weighted by molar-refractivity contribution is -0.385. The van der Waals surface area contributed by atoms with Gasteiger partial charge in [0.2, 0.25) is 5.78 Å². The normalized spacial score (nSPS) is 12.1. The van der Waals surface area contributed by atoms with Crippen molar-refractivity contribution in [2.24, 2.45) is 0 Å². The zero-order valence-corrected chi connectivity index (χ0v) is 14.9. The Morgan fingerprint density at radius 3 is 2.18 bits per heavy atom. The minimum atomic E-state index is -1.14. The molecule has 0 fully saturated rings. The van der Waals surface area contributed by atoms with E-state index < -0.39 is 51.8 Å². The topological polar surface area (TPSA) is 124 Å². The van der Waals surface area contributed by atoms with Gasteiger partial charge in [-0.2, -0.15) is 0 Å². The smallest absolute Gasteiger partial charge is 0.345 e. The first-order valence-electron chi connectivity index (χ1n) is 8.11. The average molecular weight is 382 g/mol. The predicted molar refractivity (Wildman–Crippen MR) is 95.4 cm³/mol. The molecule has 9 heteroatoms. The predicted octanol–water partition coefficient (Wildman–Crippen LogP) is 1.62. The molecule has 0 bridgehead atoms. The van der Waals surface area contributed by atoms with Gasteiger partial charge in [-0.3, -0.25) is 24.5 Å². The number of nitro groups is 1. The first-order valence-corrected chi connectivity index (χ1v) is 8.11. The number of likely N-dealkylation sites (N-methyl/N-ethyl adjacent to an activating group) is 1. The number of benzene rings is 2. The molecule has 0 saturated carbocycles. The summed E-state index contributed by atoms with van der Waals surface area (Å²) in [6, 6.07) is 8.20. The van der Waals surface area contributed by atoms with Crippen molar-refractivity contribution in [2.45, 2.75) is 0 Å².